The highest BCUT2D eigenvalue weighted by Crippen LogP contribution is 2.38. The number of nitrogens with zero attached hydrogens (tertiary/aromatic N) is 2. The maximum Gasteiger partial charge on any atom is 0.164 e. The van der Waals surface area contributed by atoms with E-state index in [1.165, 1.54) is 23.9 Å². The molecule has 0 aliphatic carbocycles. The number of aryl methyl sites for hydroxylation is 2. The van der Waals surface area contributed by atoms with Gasteiger partial charge in [-0.05, 0) is 54.8 Å². The molecular weight excluding hydrogens is 419 g/mol. The predicted molar refractivity (Wildman–Crippen MR) is 115 cm³/mol. The molecule has 0 amide bonds. The first kappa shape index (κ1) is 19.7. The molecule has 2 aliphatic heterocycles. The van der Waals surface area contributed by atoms with Gasteiger partial charge in [-0.2, -0.15) is 0 Å². The van der Waals surface area contributed by atoms with E-state index in [0.717, 1.165) is 27.5 Å². The Bertz CT molecular complexity index is 1050. The van der Waals surface area contributed by atoms with E-state index in [1.807, 2.05) is 13.8 Å². The highest BCUT2D eigenvalue weighted by atomic mass is 35.5. The van der Waals surface area contributed by atoms with E-state index in [1.54, 1.807) is 6.07 Å². The fourth-order valence-corrected chi connectivity index (χ4v) is 7.67. The van der Waals surface area contributed by atoms with E-state index >= 15 is 0 Å². The molecule has 2 atom stereocenters. The summed E-state index contributed by atoms with van der Waals surface area (Å²) in [6.45, 7) is 4.49. The van der Waals surface area contributed by atoms with Crippen LogP contribution in [0.15, 0.2) is 41.4 Å². The van der Waals surface area contributed by atoms with E-state index in [0.29, 0.717) is 11.6 Å². The number of rotatable bonds is 3. The Morgan fingerprint density at radius 1 is 1.18 bits per heavy atom. The Morgan fingerprint density at radius 3 is 2.54 bits per heavy atom. The maximum atomic E-state index is 13.5. The molecule has 4 nitrogen and oxygen atoms in total. The smallest absolute Gasteiger partial charge is 0.164 e. The van der Waals surface area contributed by atoms with Crippen LogP contribution >= 0.6 is 23.4 Å². The molecule has 0 N–H and O–H groups in total. The number of hydrogen-bond acceptors (Lipinski definition) is 5. The molecule has 0 aromatic heterocycles. The summed E-state index contributed by atoms with van der Waals surface area (Å²) in [5.41, 5.74) is 4.00. The molecule has 2 heterocycles. The van der Waals surface area contributed by atoms with Gasteiger partial charge in [-0.1, -0.05) is 35.5 Å². The van der Waals surface area contributed by atoms with Gasteiger partial charge >= 0.3 is 0 Å². The quantitative estimate of drug-likeness (QED) is 0.713. The van der Waals surface area contributed by atoms with Crippen molar-refractivity contribution in [3.8, 4) is 0 Å². The van der Waals surface area contributed by atoms with Crippen LogP contribution in [0.3, 0.4) is 0 Å². The zero-order valence-corrected chi connectivity index (χ0v) is 17.9. The van der Waals surface area contributed by atoms with Crippen molar-refractivity contribution in [2.75, 3.05) is 16.4 Å². The van der Waals surface area contributed by atoms with Gasteiger partial charge in [-0.3, -0.25) is 4.99 Å². The summed E-state index contributed by atoms with van der Waals surface area (Å²) in [6.07, 6.45) is 0. The second kappa shape index (κ2) is 7.35. The number of halogens is 2. The van der Waals surface area contributed by atoms with Crippen LogP contribution in [0.25, 0.3) is 0 Å². The van der Waals surface area contributed by atoms with Crippen LogP contribution in [0.5, 0.6) is 0 Å². The SMILES string of the molecule is Cc1cc(C)cc(N(Cc2ccc(F)cc2Cl)C2=N[C@@H]3CS(=O)(=O)C[C@H]3S2)c1. The lowest BCUT2D eigenvalue weighted by Crippen LogP contribution is -2.28. The van der Waals surface area contributed by atoms with Gasteiger partial charge in [0.05, 0.1) is 24.1 Å². The van der Waals surface area contributed by atoms with Crippen LogP contribution in [0.1, 0.15) is 16.7 Å². The first-order valence-electron chi connectivity index (χ1n) is 8.95. The number of sulfone groups is 1. The lowest BCUT2D eigenvalue weighted by Gasteiger charge is -2.26. The number of amidine groups is 1. The second-order valence-electron chi connectivity index (χ2n) is 7.38. The summed E-state index contributed by atoms with van der Waals surface area (Å²) in [7, 11) is -3.01. The topological polar surface area (TPSA) is 49.7 Å². The van der Waals surface area contributed by atoms with E-state index in [2.05, 4.69) is 23.1 Å². The Kier molecular flexibility index (Phi) is 5.18. The van der Waals surface area contributed by atoms with Gasteiger partial charge < -0.3 is 4.90 Å². The third kappa shape index (κ3) is 4.07. The summed E-state index contributed by atoms with van der Waals surface area (Å²) in [5, 5.41) is 1.10. The predicted octanol–water partition coefficient (Wildman–Crippen LogP) is 4.37. The maximum absolute atomic E-state index is 13.5. The fraction of sp³-hybridized carbons (Fsp3) is 0.350. The minimum absolute atomic E-state index is 0.0444. The molecule has 8 heteroatoms. The largest absolute Gasteiger partial charge is 0.317 e. The highest BCUT2D eigenvalue weighted by Gasteiger charge is 2.44. The second-order valence-corrected chi connectivity index (χ2v) is 11.1. The number of hydrogen-bond donors (Lipinski definition) is 0. The molecule has 148 valence electrons. The monoisotopic (exact) mass is 438 g/mol. The summed E-state index contributed by atoms with van der Waals surface area (Å²) in [6, 6.07) is 10.4. The number of anilines is 1. The molecule has 28 heavy (non-hydrogen) atoms. The summed E-state index contributed by atoms with van der Waals surface area (Å²) >= 11 is 7.78. The first-order chi connectivity index (χ1) is 13.2. The van der Waals surface area contributed by atoms with Crippen molar-refractivity contribution >= 4 is 44.1 Å². The molecule has 2 aromatic rings. The summed E-state index contributed by atoms with van der Waals surface area (Å²) in [4.78, 5) is 6.78. The number of fused-ring (bicyclic) bond motifs is 1. The van der Waals surface area contributed by atoms with Crippen molar-refractivity contribution in [1.29, 1.82) is 0 Å². The fourth-order valence-electron chi connectivity index (χ4n) is 3.67. The summed E-state index contributed by atoms with van der Waals surface area (Å²) < 4.78 is 37.3. The Morgan fingerprint density at radius 2 is 1.89 bits per heavy atom. The van der Waals surface area contributed by atoms with Crippen molar-refractivity contribution in [1.82, 2.24) is 0 Å². The Labute approximate surface area is 173 Å². The van der Waals surface area contributed by atoms with E-state index < -0.39 is 9.84 Å². The third-order valence-corrected chi connectivity index (χ3v) is 8.50. The lowest BCUT2D eigenvalue weighted by atomic mass is 10.1. The molecule has 4 rings (SSSR count). The Hall–Kier alpha value is -1.57. The van der Waals surface area contributed by atoms with Gasteiger partial charge in [0.2, 0.25) is 0 Å². The van der Waals surface area contributed by atoms with Crippen molar-refractivity contribution < 1.29 is 12.8 Å². The average molecular weight is 439 g/mol. The molecule has 1 saturated heterocycles. The van der Waals surface area contributed by atoms with Gasteiger partial charge in [-0.15, -0.1) is 0 Å². The van der Waals surface area contributed by atoms with E-state index in [-0.39, 0.29) is 28.6 Å². The van der Waals surface area contributed by atoms with Gasteiger partial charge in [0.15, 0.2) is 15.0 Å². The molecule has 0 saturated carbocycles. The average Bonchev–Trinajstić information content (AvgIpc) is 3.06. The van der Waals surface area contributed by atoms with Gasteiger partial charge in [0, 0.05) is 16.0 Å². The summed E-state index contributed by atoms with van der Waals surface area (Å²) in [5.74, 6) is -0.113. The molecule has 0 unspecified atom stereocenters. The zero-order valence-electron chi connectivity index (χ0n) is 15.5. The molecule has 0 bridgehead atoms. The van der Waals surface area contributed by atoms with Crippen LogP contribution in [-0.4, -0.2) is 36.4 Å². The van der Waals surface area contributed by atoms with Crippen molar-refractivity contribution in [3.05, 3.63) is 63.9 Å². The zero-order chi connectivity index (χ0) is 20.1. The van der Waals surface area contributed by atoms with Crippen LogP contribution in [0, 0.1) is 19.7 Å². The van der Waals surface area contributed by atoms with Crippen LogP contribution in [-0.2, 0) is 16.4 Å². The Balaban J connectivity index is 1.72. The lowest BCUT2D eigenvalue weighted by molar-refractivity contribution is 0.601. The number of aliphatic imine (C=N–C) groups is 1. The molecule has 2 aliphatic rings. The minimum Gasteiger partial charge on any atom is -0.317 e. The van der Waals surface area contributed by atoms with Gasteiger partial charge in [-0.25, -0.2) is 12.8 Å². The molecule has 1 fully saturated rings. The number of thioether (sulfide) groups is 1. The van der Waals surface area contributed by atoms with E-state index in [9.17, 15) is 12.8 Å². The highest BCUT2D eigenvalue weighted by molar-refractivity contribution is 8.15. The third-order valence-electron chi connectivity index (χ3n) is 4.90. The van der Waals surface area contributed by atoms with Crippen molar-refractivity contribution in [2.24, 2.45) is 4.99 Å². The van der Waals surface area contributed by atoms with Gasteiger partial charge in [0.1, 0.15) is 5.82 Å². The van der Waals surface area contributed by atoms with Gasteiger partial charge in [0.25, 0.3) is 0 Å². The van der Waals surface area contributed by atoms with Crippen LogP contribution in [0.4, 0.5) is 10.1 Å². The molecule has 0 radical (unpaired) electrons. The van der Waals surface area contributed by atoms with Crippen molar-refractivity contribution in [2.45, 2.75) is 31.7 Å². The minimum atomic E-state index is -3.01. The molecular formula is C20H20ClFN2O2S2. The van der Waals surface area contributed by atoms with E-state index in [4.69, 9.17) is 16.6 Å². The van der Waals surface area contributed by atoms with Crippen molar-refractivity contribution in [3.63, 3.8) is 0 Å². The normalized spacial score (nSPS) is 22.8. The standard InChI is InChI=1S/C20H20ClFN2O2S2/c1-12-5-13(2)7-16(6-12)24(9-14-3-4-15(22)8-17(14)21)20-23-18-10-28(25,26)11-19(18)27-20/h3-8,18-19H,9-11H2,1-2H3/t18-,19-/m1/s1. The molecule has 2 aromatic carbocycles. The van der Waals surface area contributed by atoms with Crippen LogP contribution < -0.4 is 4.90 Å². The number of benzene rings is 2. The molecule has 0 spiro atoms. The first-order valence-corrected chi connectivity index (χ1v) is 12.0. The van der Waals surface area contributed by atoms with Crippen LogP contribution in [0.2, 0.25) is 5.02 Å².